The number of amides is 1. The van der Waals surface area contributed by atoms with Gasteiger partial charge in [0.25, 0.3) is 0 Å². The van der Waals surface area contributed by atoms with Crippen molar-refractivity contribution in [3.8, 4) is 34.5 Å². The minimum Gasteiger partial charge on any atom is -0.481 e. The Balaban J connectivity index is 0.000000130. The summed E-state index contributed by atoms with van der Waals surface area (Å²) in [7, 11) is 7.36. The molecule has 6 aliphatic rings. The number of aliphatic carboxylic acids is 1. The van der Waals surface area contributed by atoms with Crippen molar-refractivity contribution in [2.45, 2.75) is 54.8 Å². The molecular weight excluding hydrogens is 1050 g/mol. The van der Waals surface area contributed by atoms with E-state index in [1.807, 2.05) is 66.7 Å². The van der Waals surface area contributed by atoms with Crippen LogP contribution in [-0.4, -0.2) is 56.8 Å². The summed E-state index contributed by atoms with van der Waals surface area (Å²) in [6, 6.07) is 27.5. The molecule has 0 saturated heterocycles. The number of halogens is 5. The maximum absolute atomic E-state index is 12.7. The van der Waals surface area contributed by atoms with Gasteiger partial charge in [0.15, 0.2) is 34.5 Å². The molecule has 11 rings (SSSR count). The van der Waals surface area contributed by atoms with Crippen molar-refractivity contribution in [3.63, 3.8) is 0 Å². The van der Waals surface area contributed by atoms with Gasteiger partial charge in [0.1, 0.15) is 20.8 Å². The monoisotopic (exact) mass is 1080 g/mol. The molecule has 4 N–H and O–H groups in total. The lowest BCUT2D eigenvalue weighted by molar-refractivity contribution is -0.140. The number of carbonyl (C=O) groups excluding carboxylic acids is 2. The number of rotatable bonds is 7. The predicted octanol–water partition coefficient (Wildman–Crippen LogP) is 9.46. The van der Waals surface area contributed by atoms with Gasteiger partial charge in [-0.25, -0.2) is 14.2 Å². The van der Waals surface area contributed by atoms with Crippen molar-refractivity contribution >= 4 is 103 Å². The maximum Gasteiger partial charge on any atom is 0.314 e. The number of ether oxygens (including phenoxy) is 6. The van der Waals surface area contributed by atoms with Crippen LogP contribution < -0.4 is 39.5 Å². The van der Waals surface area contributed by atoms with Crippen LogP contribution in [0.4, 0.5) is 11.6 Å². The van der Waals surface area contributed by atoms with Gasteiger partial charge in [-0.15, -0.1) is 0 Å². The van der Waals surface area contributed by atoms with Crippen LogP contribution in [0.25, 0.3) is 0 Å². The standard InChI is InChI=1S/C16H13BrN2O3.C11H9ClO3.C11H10O4.C5H5BrN2.Cl2OS/c17-13-2-1-3-14(18-13)19-15(20)16(6-7-16)10-4-5-11-12(8-10)22-9-21-11;2*12-10(13)11(3-4-11)7-1-2-8-9(5-7)15-6-14-8;6-4-2-1-3-5(7)8-4;1-4(2)3/h1-5,8H,6-7,9H2,(H,18,19,20);1-2,5H,3-4,6H2;1-2,5H,3-4,6H2,(H,12,13);1-3H,(H2,7,8);. The van der Waals surface area contributed by atoms with Gasteiger partial charge in [0.2, 0.25) is 40.8 Å². The van der Waals surface area contributed by atoms with Crippen LogP contribution in [0.2, 0.25) is 0 Å². The van der Waals surface area contributed by atoms with Crippen LogP contribution in [-0.2, 0) is 39.9 Å². The van der Waals surface area contributed by atoms with Gasteiger partial charge in [-0.2, -0.15) is 0 Å². The molecule has 64 heavy (non-hydrogen) atoms. The lowest BCUT2D eigenvalue weighted by Crippen LogP contribution is -2.28. The van der Waals surface area contributed by atoms with Crippen molar-refractivity contribution < 1.29 is 52.1 Å². The quantitative estimate of drug-likeness (QED) is 0.103. The van der Waals surface area contributed by atoms with Crippen LogP contribution in [0.3, 0.4) is 0 Å². The number of nitrogens with zero attached hydrogens (tertiary/aromatic N) is 2. The van der Waals surface area contributed by atoms with E-state index in [0.29, 0.717) is 52.1 Å². The third-order valence-electron chi connectivity index (χ3n) is 10.9. The Labute approximate surface area is 399 Å². The highest BCUT2D eigenvalue weighted by atomic mass is 79.9. The van der Waals surface area contributed by atoms with E-state index in [1.165, 1.54) is 0 Å². The van der Waals surface area contributed by atoms with Crippen molar-refractivity contribution in [2.75, 3.05) is 31.4 Å². The first kappa shape index (κ1) is 47.1. The number of hydrogen-bond donors (Lipinski definition) is 3. The molecule has 3 aromatic carbocycles. The number of pyridine rings is 2. The molecule has 15 nitrogen and oxygen atoms in total. The summed E-state index contributed by atoms with van der Waals surface area (Å²) in [5.74, 6) is 4.53. The first-order valence-electron chi connectivity index (χ1n) is 19.3. The highest BCUT2D eigenvalue weighted by Gasteiger charge is 2.53. The summed E-state index contributed by atoms with van der Waals surface area (Å²) in [5.41, 5.74) is 6.43. The zero-order valence-electron chi connectivity index (χ0n) is 33.3. The van der Waals surface area contributed by atoms with Crippen molar-refractivity contribution in [1.82, 2.24) is 9.97 Å². The van der Waals surface area contributed by atoms with Gasteiger partial charge in [-0.3, -0.25) is 14.4 Å². The van der Waals surface area contributed by atoms with Crippen molar-refractivity contribution in [1.29, 1.82) is 0 Å². The van der Waals surface area contributed by atoms with Gasteiger partial charge in [0, 0.05) is 21.4 Å². The number of carbonyl (C=O) groups is 3. The van der Waals surface area contributed by atoms with Gasteiger partial charge >= 0.3 is 5.97 Å². The molecule has 0 atom stereocenters. The van der Waals surface area contributed by atoms with Crippen molar-refractivity contribution in [2.24, 2.45) is 0 Å². The molecule has 0 bridgehead atoms. The molecule has 3 saturated carbocycles. The second-order valence-corrected chi connectivity index (χ2v) is 19.4. The van der Waals surface area contributed by atoms with Gasteiger partial charge in [-0.1, -0.05) is 30.3 Å². The Bertz CT molecular complexity index is 2490. The molecule has 3 aliphatic heterocycles. The van der Waals surface area contributed by atoms with Crippen molar-refractivity contribution in [3.05, 3.63) is 117 Å². The molecule has 3 fully saturated rings. The normalized spacial score (nSPS) is 17.0. The molecule has 21 heteroatoms. The van der Waals surface area contributed by atoms with E-state index in [9.17, 15) is 14.4 Å². The Morgan fingerprint density at radius 2 is 1.00 bits per heavy atom. The summed E-state index contributed by atoms with van der Waals surface area (Å²) in [5, 5.41) is 11.8. The SMILES string of the molecule is Nc1cccc(Br)n1.O=C(Cl)C1(c2ccc3c(c2)OCO3)CC1.O=C(Nc1cccc(Br)n1)C1(c2ccc3c(c2)OCO3)CC1.O=C(O)C1(c2ccc3c(c2)OCO3)CC1.O=S(Cl)Cl. The Morgan fingerprint density at radius 3 is 1.36 bits per heavy atom. The number of carboxylic acids is 1. The third-order valence-corrected chi connectivity index (χ3v) is 12.2. The summed E-state index contributed by atoms with van der Waals surface area (Å²) < 4.78 is 42.2. The molecule has 0 radical (unpaired) electrons. The number of aromatic nitrogens is 2. The number of anilines is 2. The van der Waals surface area contributed by atoms with E-state index in [-0.39, 0.29) is 31.5 Å². The summed E-state index contributed by atoms with van der Waals surface area (Å²) in [4.78, 5) is 43.2. The van der Waals surface area contributed by atoms with E-state index in [2.05, 4.69) is 68.5 Å². The molecule has 3 aliphatic carbocycles. The predicted molar refractivity (Wildman–Crippen MR) is 246 cm³/mol. The van der Waals surface area contributed by atoms with Crippen LogP contribution in [0.15, 0.2) is 100 Å². The summed E-state index contributed by atoms with van der Waals surface area (Å²) in [6.45, 7) is 0.708. The van der Waals surface area contributed by atoms with E-state index >= 15 is 0 Å². The van der Waals surface area contributed by atoms with Gasteiger partial charge < -0.3 is 44.6 Å². The Hall–Kier alpha value is -4.85. The Morgan fingerprint density at radius 1 is 0.609 bits per heavy atom. The molecule has 1 amide bonds. The lowest BCUT2D eigenvalue weighted by atomic mass is 9.94. The van der Waals surface area contributed by atoms with E-state index in [1.54, 1.807) is 24.3 Å². The fraction of sp³-hybridized carbons (Fsp3) is 0.279. The van der Waals surface area contributed by atoms with Gasteiger partial charge in [0.05, 0.1) is 16.2 Å². The molecular formula is C43H37Br2Cl3N4O11S. The smallest absolute Gasteiger partial charge is 0.314 e. The number of nitrogens with one attached hydrogen (secondary N) is 1. The number of nitrogens with two attached hydrogens (primary N) is 1. The summed E-state index contributed by atoms with van der Waals surface area (Å²) in [6.07, 6.45) is 4.73. The minimum atomic E-state index is -1.67. The largest absolute Gasteiger partial charge is 0.481 e. The maximum atomic E-state index is 12.7. The third kappa shape index (κ3) is 11.1. The number of hydrogen-bond acceptors (Lipinski definition) is 13. The number of carboxylic acid groups (broad SMARTS) is 1. The minimum absolute atomic E-state index is 0.0306. The van der Waals surface area contributed by atoms with Gasteiger partial charge in [-0.05, 0) is 159 Å². The van der Waals surface area contributed by atoms with Crippen LogP contribution in [0, 0.1) is 0 Å². The molecule has 0 spiro atoms. The highest BCUT2D eigenvalue weighted by Crippen LogP contribution is 2.53. The lowest BCUT2D eigenvalue weighted by Gasteiger charge is -2.16. The van der Waals surface area contributed by atoms with E-state index in [0.717, 1.165) is 58.5 Å². The number of fused-ring (bicyclic) bond motifs is 3. The number of benzene rings is 3. The Kier molecular flexibility index (Phi) is 14.8. The molecule has 5 aromatic rings. The van der Waals surface area contributed by atoms with Crippen LogP contribution >= 0.6 is 64.8 Å². The molecule has 336 valence electrons. The van der Waals surface area contributed by atoms with Crippen LogP contribution in [0.5, 0.6) is 34.5 Å². The zero-order chi connectivity index (χ0) is 45.6. The molecule has 5 heterocycles. The molecule has 0 unspecified atom stereocenters. The fourth-order valence-corrected chi connectivity index (χ4v) is 7.97. The molecule has 2 aromatic heterocycles. The number of nitrogen functional groups attached to an aromatic ring is 1. The zero-order valence-corrected chi connectivity index (χ0v) is 39.6. The average Bonchev–Trinajstić information content (AvgIpc) is 4.23. The van der Waals surface area contributed by atoms with Crippen LogP contribution in [0.1, 0.15) is 55.2 Å². The van der Waals surface area contributed by atoms with E-state index in [4.69, 9.17) is 55.1 Å². The first-order valence-corrected chi connectivity index (χ1v) is 24.1. The first-order chi connectivity index (χ1) is 30.6. The second-order valence-electron chi connectivity index (χ2n) is 14.9. The topological polar surface area (TPSA) is 208 Å². The van der Waals surface area contributed by atoms with E-state index < -0.39 is 31.4 Å². The second kappa shape index (κ2) is 20.1. The summed E-state index contributed by atoms with van der Waals surface area (Å²) >= 11 is 12.1. The highest BCUT2D eigenvalue weighted by molar-refractivity contribution is 9.10. The fourth-order valence-electron chi connectivity index (χ4n) is 6.97. The average molecular weight is 1080 g/mol.